The van der Waals surface area contributed by atoms with Crippen molar-refractivity contribution in [1.29, 1.82) is 0 Å². The summed E-state index contributed by atoms with van der Waals surface area (Å²) in [5, 5.41) is 7.09. The van der Waals surface area contributed by atoms with E-state index in [-0.39, 0.29) is 0 Å². The standard InChI is InChI=1S/C17H28N4/c1-2-11-18-15-12-16(21-17(20-15)13-9-10-13)19-14-7-5-3-4-6-8-14/h12-14H,2-11H2,1H3,(H2,18,19,20,21). The van der Waals surface area contributed by atoms with Crippen LogP contribution in [-0.4, -0.2) is 22.6 Å². The van der Waals surface area contributed by atoms with Gasteiger partial charge < -0.3 is 10.6 Å². The molecule has 0 aromatic carbocycles. The number of nitrogens with zero attached hydrogens (tertiary/aromatic N) is 2. The van der Waals surface area contributed by atoms with E-state index in [1.807, 2.05) is 0 Å². The Labute approximate surface area is 128 Å². The molecule has 1 heterocycles. The van der Waals surface area contributed by atoms with Crippen LogP contribution in [0.1, 0.15) is 76.5 Å². The molecule has 0 atom stereocenters. The molecule has 2 aliphatic carbocycles. The maximum Gasteiger partial charge on any atom is 0.136 e. The second-order valence-corrected chi connectivity index (χ2v) is 6.53. The van der Waals surface area contributed by atoms with Crippen molar-refractivity contribution in [2.24, 2.45) is 0 Å². The van der Waals surface area contributed by atoms with Crippen molar-refractivity contribution in [2.75, 3.05) is 17.2 Å². The van der Waals surface area contributed by atoms with Gasteiger partial charge in [-0.3, -0.25) is 0 Å². The molecular weight excluding hydrogens is 260 g/mol. The summed E-state index contributed by atoms with van der Waals surface area (Å²) in [4.78, 5) is 9.45. The number of hydrogen-bond acceptors (Lipinski definition) is 4. The molecule has 0 radical (unpaired) electrons. The highest BCUT2D eigenvalue weighted by atomic mass is 15.1. The quantitative estimate of drug-likeness (QED) is 0.766. The van der Waals surface area contributed by atoms with Gasteiger partial charge in [-0.2, -0.15) is 0 Å². The molecular formula is C17H28N4. The van der Waals surface area contributed by atoms with Gasteiger partial charge in [-0.15, -0.1) is 0 Å². The van der Waals surface area contributed by atoms with Crippen LogP contribution in [0.15, 0.2) is 6.07 Å². The highest BCUT2D eigenvalue weighted by Gasteiger charge is 2.27. The van der Waals surface area contributed by atoms with E-state index < -0.39 is 0 Å². The molecule has 1 aromatic rings. The predicted octanol–water partition coefficient (Wildman–Crippen LogP) is 4.31. The highest BCUT2D eigenvalue weighted by molar-refractivity contribution is 5.48. The average Bonchev–Trinajstić information content (AvgIpc) is 3.32. The van der Waals surface area contributed by atoms with Crippen LogP contribution >= 0.6 is 0 Å². The van der Waals surface area contributed by atoms with E-state index >= 15 is 0 Å². The molecule has 0 amide bonds. The third kappa shape index (κ3) is 4.32. The van der Waals surface area contributed by atoms with E-state index in [0.29, 0.717) is 12.0 Å². The first-order chi connectivity index (χ1) is 10.3. The Morgan fingerprint density at radius 2 is 1.71 bits per heavy atom. The summed E-state index contributed by atoms with van der Waals surface area (Å²) in [7, 11) is 0. The lowest BCUT2D eigenvalue weighted by Gasteiger charge is -2.18. The Bertz CT molecular complexity index is 448. The fraction of sp³-hybridized carbons (Fsp3) is 0.765. The molecule has 4 heteroatoms. The monoisotopic (exact) mass is 288 g/mol. The number of anilines is 2. The molecule has 21 heavy (non-hydrogen) atoms. The molecule has 0 saturated heterocycles. The minimum absolute atomic E-state index is 0.591. The molecule has 4 nitrogen and oxygen atoms in total. The van der Waals surface area contributed by atoms with E-state index in [2.05, 4.69) is 28.6 Å². The average molecular weight is 288 g/mol. The van der Waals surface area contributed by atoms with Crippen molar-refractivity contribution in [3.8, 4) is 0 Å². The van der Waals surface area contributed by atoms with Crippen LogP contribution in [0.3, 0.4) is 0 Å². The molecule has 3 rings (SSSR count). The summed E-state index contributed by atoms with van der Waals surface area (Å²) in [5.41, 5.74) is 0. The van der Waals surface area contributed by atoms with Gasteiger partial charge >= 0.3 is 0 Å². The van der Waals surface area contributed by atoms with Gasteiger partial charge in [0.05, 0.1) is 0 Å². The van der Waals surface area contributed by atoms with Gasteiger partial charge in [0.2, 0.25) is 0 Å². The topological polar surface area (TPSA) is 49.8 Å². The summed E-state index contributed by atoms with van der Waals surface area (Å²) in [5.74, 6) is 3.65. The Morgan fingerprint density at radius 1 is 1.00 bits per heavy atom. The lowest BCUT2D eigenvalue weighted by Crippen LogP contribution is -2.20. The molecule has 0 bridgehead atoms. The molecule has 2 saturated carbocycles. The lowest BCUT2D eigenvalue weighted by atomic mass is 10.1. The molecule has 0 aliphatic heterocycles. The minimum atomic E-state index is 0.591. The maximum atomic E-state index is 4.77. The van der Waals surface area contributed by atoms with E-state index in [9.17, 15) is 0 Å². The van der Waals surface area contributed by atoms with Crippen LogP contribution in [0.4, 0.5) is 11.6 Å². The smallest absolute Gasteiger partial charge is 0.136 e. The van der Waals surface area contributed by atoms with Gasteiger partial charge in [-0.1, -0.05) is 32.6 Å². The summed E-state index contributed by atoms with van der Waals surface area (Å²) in [6.45, 7) is 3.16. The van der Waals surface area contributed by atoms with Crippen LogP contribution in [0.25, 0.3) is 0 Å². The van der Waals surface area contributed by atoms with Crippen molar-refractivity contribution in [3.63, 3.8) is 0 Å². The second kappa shape index (κ2) is 7.10. The number of hydrogen-bond donors (Lipinski definition) is 2. The SMILES string of the molecule is CCCNc1cc(NC2CCCCCC2)nc(C2CC2)n1. The van der Waals surface area contributed by atoms with Gasteiger partial charge in [-0.25, -0.2) is 9.97 Å². The van der Waals surface area contributed by atoms with Crippen molar-refractivity contribution >= 4 is 11.6 Å². The third-order valence-electron chi connectivity index (χ3n) is 4.45. The minimum Gasteiger partial charge on any atom is -0.370 e. The summed E-state index contributed by atoms with van der Waals surface area (Å²) in [6.07, 6.45) is 11.6. The molecule has 2 N–H and O–H groups in total. The number of rotatable bonds is 6. The van der Waals surface area contributed by atoms with Crippen LogP contribution in [0.5, 0.6) is 0 Å². The van der Waals surface area contributed by atoms with Crippen LogP contribution in [-0.2, 0) is 0 Å². The first-order valence-electron chi connectivity index (χ1n) is 8.74. The zero-order valence-corrected chi connectivity index (χ0v) is 13.2. The van der Waals surface area contributed by atoms with Gasteiger partial charge in [-0.05, 0) is 32.1 Å². The zero-order chi connectivity index (χ0) is 14.5. The Morgan fingerprint density at radius 3 is 2.38 bits per heavy atom. The Balaban J connectivity index is 1.71. The van der Waals surface area contributed by atoms with E-state index in [1.54, 1.807) is 0 Å². The van der Waals surface area contributed by atoms with Gasteiger partial charge in [0.15, 0.2) is 0 Å². The summed E-state index contributed by atoms with van der Waals surface area (Å²) in [6, 6.07) is 2.68. The number of aromatic nitrogens is 2. The highest BCUT2D eigenvalue weighted by Crippen LogP contribution is 2.39. The fourth-order valence-electron chi connectivity index (χ4n) is 3.04. The van der Waals surface area contributed by atoms with Crippen molar-refractivity contribution in [2.45, 2.75) is 76.7 Å². The summed E-state index contributed by atoms with van der Waals surface area (Å²) >= 11 is 0. The van der Waals surface area contributed by atoms with Crippen molar-refractivity contribution < 1.29 is 0 Å². The molecule has 2 fully saturated rings. The predicted molar refractivity (Wildman–Crippen MR) is 87.9 cm³/mol. The maximum absolute atomic E-state index is 4.77. The fourth-order valence-corrected chi connectivity index (χ4v) is 3.04. The van der Waals surface area contributed by atoms with Crippen LogP contribution in [0.2, 0.25) is 0 Å². The van der Waals surface area contributed by atoms with Crippen molar-refractivity contribution in [3.05, 3.63) is 11.9 Å². The Kier molecular flexibility index (Phi) is 4.94. The van der Waals surface area contributed by atoms with Crippen LogP contribution < -0.4 is 10.6 Å². The van der Waals surface area contributed by atoms with Gasteiger partial charge in [0, 0.05) is 24.6 Å². The first kappa shape index (κ1) is 14.6. The molecule has 0 spiro atoms. The molecule has 116 valence electrons. The van der Waals surface area contributed by atoms with Gasteiger partial charge in [0.1, 0.15) is 17.5 Å². The lowest BCUT2D eigenvalue weighted by molar-refractivity contribution is 0.617. The largest absolute Gasteiger partial charge is 0.370 e. The molecule has 1 aromatic heterocycles. The Hall–Kier alpha value is -1.32. The molecule has 0 unspecified atom stereocenters. The van der Waals surface area contributed by atoms with Crippen LogP contribution in [0, 0.1) is 0 Å². The van der Waals surface area contributed by atoms with Crippen molar-refractivity contribution in [1.82, 2.24) is 9.97 Å². The second-order valence-electron chi connectivity index (χ2n) is 6.53. The zero-order valence-electron chi connectivity index (χ0n) is 13.2. The number of nitrogens with one attached hydrogen (secondary N) is 2. The third-order valence-corrected chi connectivity index (χ3v) is 4.45. The normalized spacial score (nSPS) is 20.0. The molecule has 2 aliphatic rings. The van der Waals surface area contributed by atoms with E-state index in [1.165, 1.54) is 51.4 Å². The first-order valence-corrected chi connectivity index (χ1v) is 8.74. The summed E-state index contributed by atoms with van der Waals surface area (Å²) < 4.78 is 0. The van der Waals surface area contributed by atoms with E-state index in [0.717, 1.165) is 30.4 Å². The van der Waals surface area contributed by atoms with E-state index in [4.69, 9.17) is 4.98 Å². The van der Waals surface area contributed by atoms with Gasteiger partial charge in [0.25, 0.3) is 0 Å².